The minimum Gasteiger partial charge on any atom is -0.497 e. The van der Waals surface area contributed by atoms with Crippen LogP contribution in [0.4, 0.5) is 5.69 Å². The van der Waals surface area contributed by atoms with E-state index in [-0.39, 0.29) is 32.6 Å². The fraction of sp³-hybridized carbons (Fsp3) is 0.0714. The minimum absolute atomic E-state index is 0.00327. The summed E-state index contributed by atoms with van der Waals surface area (Å²) in [6.07, 6.45) is 0. The summed E-state index contributed by atoms with van der Waals surface area (Å²) in [4.78, 5) is 22.9. The molecule has 0 atom stereocenters. The molecule has 0 aliphatic heterocycles. The van der Waals surface area contributed by atoms with Crippen molar-refractivity contribution in [2.75, 3.05) is 7.11 Å². The third-order valence-corrected chi connectivity index (χ3v) is 3.47. The van der Waals surface area contributed by atoms with Gasteiger partial charge in [-0.1, -0.05) is 11.6 Å². The normalized spacial score (nSPS) is 11.0. The second kappa shape index (κ2) is 4.75. The minimum atomic E-state index is -0.617. The second-order valence-electron chi connectivity index (χ2n) is 4.32. The van der Waals surface area contributed by atoms with Crippen LogP contribution in [0.1, 0.15) is 0 Å². The zero-order valence-electron chi connectivity index (χ0n) is 10.8. The summed E-state index contributed by atoms with van der Waals surface area (Å²) in [6, 6.07) is 7.17. The number of halogens is 1. The Labute approximate surface area is 122 Å². The van der Waals surface area contributed by atoms with Gasteiger partial charge in [-0.2, -0.15) is 0 Å². The maximum absolute atomic E-state index is 12.5. The van der Waals surface area contributed by atoms with Gasteiger partial charge in [-0.05, 0) is 18.2 Å². The molecule has 0 saturated carbocycles. The summed E-state index contributed by atoms with van der Waals surface area (Å²) >= 11 is 5.99. The van der Waals surface area contributed by atoms with Crippen LogP contribution in [0.5, 0.6) is 5.75 Å². The van der Waals surface area contributed by atoms with E-state index >= 15 is 0 Å². The summed E-state index contributed by atoms with van der Waals surface area (Å²) in [6.45, 7) is 0. The van der Waals surface area contributed by atoms with Gasteiger partial charge in [0.2, 0.25) is 11.0 Å². The first kappa shape index (κ1) is 13.4. The third kappa shape index (κ3) is 2.00. The summed E-state index contributed by atoms with van der Waals surface area (Å²) in [5, 5.41) is 11.5. The number of hydrogen-bond acceptors (Lipinski definition) is 5. The van der Waals surface area contributed by atoms with Gasteiger partial charge in [0.05, 0.1) is 27.8 Å². The number of nitro benzene ring substituents is 1. The van der Waals surface area contributed by atoms with E-state index in [1.807, 2.05) is 0 Å². The lowest BCUT2D eigenvalue weighted by atomic mass is 10.1. The van der Waals surface area contributed by atoms with Gasteiger partial charge in [0.1, 0.15) is 11.3 Å². The standard InChI is InChI=1S/C14H8ClNO5/c1-20-7-2-3-8-11(6-7)21-14-10(16(18)19)5-4-9(15)12(14)13(8)17/h2-6H,1H3. The van der Waals surface area contributed by atoms with E-state index in [0.29, 0.717) is 5.75 Å². The van der Waals surface area contributed by atoms with Gasteiger partial charge in [-0.15, -0.1) is 0 Å². The number of non-ortho nitro benzene ring substituents is 1. The average molecular weight is 306 g/mol. The second-order valence-corrected chi connectivity index (χ2v) is 4.73. The summed E-state index contributed by atoms with van der Waals surface area (Å²) in [5.74, 6) is 0.481. The van der Waals surface area contributed by atoms with Crippen molar-refractivity contribution in [3.05, 3.63) is 55.7 Å². The van der Waals surface area contributed by atoms with Gasteiger partial charge in [0, 0.05) is 12.1 Å². The van der Waals surface area contributed by atoms with E-state index in [1.54, 1.807) is 6.07 Å². The highest BCUT2D eigenvalue weighted by Gasteiger charge is 2.20. The molecule has 7 heteroatoms. The molecule has 0 fully saturated rings. The molecule has 0 N–H and O–H groups in total. The molecular weight excluding hydrogens is 298 g/mol. The van der Waals surface area contributed by atoms with Crippen LogP contribution in [-0.2, 0) is 0 Å². The van der Waals surface area contributed by atoms with Crippen LogP contribution in [0.25, 0.3) is 21.9 Å². The van der Waals surface area contributed by atoms with Crippen LogP contribution in [-0.4, -0.2) is 12.0 Å². The highest BCUT2D eigenvalue weighted by atomic mass is 35.5. The number of nitrogens with zero attached hydrogens (tertiary/aromatic N) is 1. The lowest BCUT2D eigenvalue weighted by molar-refractivity contribution is -0.383. The molecule has 6 nitrogen and oxygen atoms in total. The van der Waals surface area contributed by atoms with Crippen LogP contribution < -0.4 is 10.2 Å². The Morgan fingerprint density at radius 3 is 2.71 bits per heavy atom. The predicted molar refractivity (Wildman–Crippen MR) is 78.2 cm³/mol. The molecule has 3 aromatic rings. The molecular formula is C14H8ClNO5. The van der Waals surface area contributed by atoms with Crippen LogP contribution in [0.15, 0.2) is 39.5 Å². The Morgan fingerprint density at radius 2 is 2.05 bits per heavy atom. The number of benzene rings is 2. The molecule has 1 heterocycles. The quantitative estimate of drug-likeness (QED) is 0.411. The maximum Gasteiger partial charge on any atom is 0.312 e. The predicted octanol–water partition coefficient (Wildman–Crippen LogP) is 3.52. The van der Waals surface area contributed by atoms with E-state index in [2.05, 4.69) is 0 Å². The molecule has 0 unspecified atom stereocenters. The van der Waals surface area contributed by atoms with Gasteiger partial charge in [-0.25, -0.2) is 0 Å². The van der Waals surface area contributed by atoms with Crippen molar-refractivity contribution in [3.63, 3.8) is 0 Å². The Hall–Kier alpha value is -2.60. The van der Waals surface area contributed by atoms with Crippen molar-refractivity contribution in [1.82, 2.24) is 0 Å². The number of ether oxygens (including phenoxy) is 1. The van der Waals surface area contributed by atoms with Gasteiger partial charge >= 0.3 is 5.69 Å². The molecule has 106 valence electrons. The maximum atomic E-state index is 12.5. The van der Waals surface area contributed by atoms with Crippen molar-refractivity contribution in [2.24, 2.45) is 0 Å². The fourth-order valence-corrected chi connectivity index (χ4v) is 2.39. The van der Waals surface area contributed by atoms with Crippen molar-refractivity contribution in [1.29, 1.82) is 0 Å². The van der Waals surface area contributed by atoms with Gasteiger partial charge < -0.3 is 9.15 Å². The molecule has 0 amide bonds. The molecule has 0 radical (unpaired) electrons. The zero-order valence-corrected chi connectivity index (χ0v) is 11.5. The number of rotatable bonds is 2. The monoisotopic (exact) mass is 305 g/mol. The van der Waals surface area contributed by atoms with E-state index in [9.17, 15) is 14.9 Å². The highest BCUT2D eigenvalue weighted by Crippen LogP contribution is 2.32. The van der Waals surface area contributed by atoms with Crippen molar-refractivity contribution >= 4 is 39.2 Å². The molecule has 0 aliphatic carbocycles. The van der Waals surface area contributed by atoms with Gasteiger partial charge in [-0.3, -0.25) is 14.9 Å². The summed E-state index contributed by atoms with van der Waals surface area (Å²) < 4.78 is 10.6. The van der Waals surface area contributed by atoms with E-state index in [4.69, 9.17) is 20.8 Å². The molecule has 3 rings (SSSR count). The van der Waals surface area contributed by atoms with Crippen LogP contribution in [0.3, 0.4) is 0 Å². The number of nitro groups is 1. The van der Waals surface area contributed by atoms with Crippen LogP contribution >= 0.6 is 11.6 Å². The van der Waals surface area contributed by atoms with E-state index in [0.717, 1.165) is 0 Å². The molecule has 21 heavy (non-hydrogen) atoms. The smallest absolute Gasteiger partial charge is 0.312 e. The van der Waals surface area contributed by atoms with Gasteiger partial charge in [0.25, 0.3) is 0 Å². The van der Waals surface area contributed by atoms with Crippen molar-refractivity contribution < 1.29 is 14.1 Å². The molecule has 0 saturated heterocycles. The van der Waals surface area contributed by atoms with Crippen LogP contribution in [0, 0.1) is 10.1 Å². The highest BCUT2D eigenvalue weighted by molar-refractivity contribution is 6.35. The topological polar surface area (TPSA) is 82.6 Å². The first-order chi connectivity index (χ1) is 10.0. The number of methoxy groups -OCH3 is 1. The van der Waals surface area contributed by atoms with Crippen molar-refractivity contribution in [2.45, 2.75) is 0 Å². The molecule has 0 bridgehead atoms. The van der Waals surface area contributed by atoms with E-state index in [1.165, 1.54) is 31.4 Å². The fourth-order valence-electron chi connectivity index (χ4n) is 2.15. The molecule has 1 aromatic heterocycles. The van der Waals surface area contributed by atoms with E-state index < -0.39 is 10.4 Å². The van der Waals surface area contributed by atoms with Crippen molar-refractivity contribution in [3.8, 4) is 5.75 Å². The van der Waals surface area contributed by atoms with Gasteiger partial charge in [0.15, 0.2) is 0 Å². The Morgan fingerprint density at radius 1 is 1.29 bits per heavy atom. The number of hydrogen-bond donors (Lipinski definition) is 0. The number of fused-ring (bicyclic) bond motifs is 2. The lowest BCUT2D eigenvalue weighted by Crippen LogP contribution is -2.04. The third-order valence-electron chi connectivity index (χ3n) is 3.16. The zero-order chi connectivity index (χ0) is 15.1. The first-order valence-electron chi connectivity index (χ1n) is 5.90. The molecule has 2 aromatic carbocycles. The SMILES string of the molecule is COc1ccc2c(=O)c3c(Cl)ccc([N+](=O)[O-])c3oc2c1. The summed E-state index contributed by atoms with van der Waals surface area (Å²) in [5.41, 5.74) is -0.658. The molecule has 0 spiro atoms. The lowest BCUT2D eigenvalue weighted by Gasteiger charge is -2.05. The Bertz CT molecular complexity index is 947. The molecule has 0 aliphatic rings. The first-order valence-corrected chi connectivity index (χ1v) is 6.28. The largest absolute Gasteiger partial charge is 0.497 e. The Balaban J connectivity index is 2.56. The summed E-state index contributed by atoms with van der Waals surface area (Å²) in [7, 11) is 1.47. The average Bonchev–Trinajstić information content (AvgIpc) is 2.46. The van der Waals surface area contributed by atoms with Crippen LogP contribution in [0.2, 0.25) is 5.02 Å². The Kier molecular flexibility index (Phi) is 3.03.